The minimum Gasteiger partial charge on any atom is -0.362 e. The summed E-state index contributed by atoms with van der Waals surface area (Å²) in [6.45, 7) is 0. The lowest BCUT2D eigenvalue weighted by Crippen LogP contribution is -2.40. The van der Waals surface area contributed by atoms with Gasteiger partial charge in [-0.2, -0.15) is 4.98 Å². The van der Waals surface area contributed by atoms with Gasteiger partial charge in [-0.15, -0.1) is 0 Å². The first-order valence-corrected chi connectivity index (χ1v) is 14.1. The zero-order valence-corrected chi connectivity index (χ0v) is 22.8. The van der Waals surface area contributed by atoms with Gasteiger partial charge in [0.25, 0.3) is 5.91 Å². The summed E-state index contributed by atoms with van der Waals surface area (Å²) in [6.07, 6.45) is 8.27. The fraction of sp³-hybridized carbons (Fsp3) is 0.375. The van der Waals surface area contributed by atoms with E-state index in [-0.39, 0.29) is 11.9 Å². The van der Waals surface area contributed by atoms with Crippen molar-refractivity contribution in [3.8, 4) is 11.3 Å². The molecule has 0 spiro atoms. The number of carbonyl (C=O) groups is 1. The molecule has 2 N–H and O–H groups in total. The van der Waals surface area contributed by atoms with Crippen LogP contribution in [0.3, 0.4) is 0 Å². The first-order chi connectivity index (χ1) is 19.0. The van der Waals surface area contributed by atoms with Crippen LogP contribution in [0.2, 0.25) is 0 Å². The van der Waals surface area contributed by atoms with E-state index in [2.05, 4.69) is 29.6 Å². The zero-order chi connectivity index (χ0) is 26.8. The fourth-order valence-electron chi connectivity index (χ4n) is 5.96. The van der Waals surface area contributed by atoms with E-state index >= 15 is 0 Å². The molecule has 1 fully saturated rings. The van der Waals surface area contributed by atoms with Gasteiger partial charge in [0.05, 0.1) is 22.5 Å². The second-order valence-electron chi connectivity index (χ2n) is 11.0. The van der Waals surface area contributed by atoms with Crippen molar-refractivity contribution >= 4 is 28.6 Å². The molecule has 2 aliphatic carbocycles. The number of anilines is 2. The Morgan fingerprint density at radius 1 is 0.846 bits per heavy atom. The summed E-state index contributed by atoms with van der Waals surface area (Å²) >= 11 is 0. The third kappa shape index (κ3) is 5.44. The molecule has 2 aromatic heterocycles. The number of aryl methyl sites for hydroxylation is 1. The number of fused-ring (bicyclic) bond motifs is 2. The first-order valence-electron chi connectivity index (χ1n) is 14.1. The third-order valence-electron chi connectivity index (χ3n) is 8.01. The molecule has 200 valence electrons. The monoisotopic (exact) mass is 520 g/mol. The quantitative estimate of drug-likeness (QED) is 0.335. The first kappa shape index (κ1) is 25.3. The van der Waals surface area contributed by atoms with Crippen molar-refractivity contribution in [2.45, 2.75) is 63.5 Å². The van der Waals surface area contributed by atoms with Crippen molar-refractivity contribution in [1.82, 2.24) is 20.3 Å². The van der Waals surface area contributed by atoms with Crippen LogP contribution in [0.5, 0.6) is 0 Å². The molecule has 1 saturated carbocycles. The normalized spacial score (nSPS) is 18.8. The van der Waals surface area contributed by atoms with Crippen LogP contribution in [0, 0.1) is 0 Å². The zero-order valence-electron chi connectivity index (χ0n) is 22.8. The van der Waals surface area contributed by atoms with E-state index in [1.807, 2.05) is 60.7 Å². The smallest absolute Gasteiger partial charge is 0.252 e. The Morgan fingerprint density at radius 3 is 2.36 bits per heavy atom. The largest absolute Gasteiger partial charge is 0.362 e. The van der Waals surface area contributed by atoms with Gasteiger partial charge in [0, 0.05) is 42.7 Å². The number of aromatic nitrogens is 3. The number of hydrogen-bond donors (Lipinski definition) is 2. The van der Waals surface area contributed by atoms with Crippen LogP contribution in [0.1, 0.15) is 60.1 Å². The molecule has 0 bridgehead atoms. The Labute approximate surface area is 230 Å². The highest BCUT2D eigenvalue weighted by Crippen LogP contribution is 2.30. The van der Waals surface area contributed by atoms with Gasteiger partial charge < -0.3 is 15.5 Å². The summed E-state index contributed by atoms with van der Waals surface area (Å²) in [4.78, 5) is 30.2. The molecule has 7 heteroatoms. The van der Waals surface area contributed by atoms with Crippen LogP contribution in [0.4, 0.5) is 11.8 Å². The maximum Gasteiger partial charge on any atom is 0.252 e. The topological polar surface area (TPSA) is 83.0 Å². The fourth-order valence-corrected chi connectivity index (χ4v) is 5.96. The van der Waals surface area contributed by atoms with Gasteiger partial charge in [0.1, 0.15) is 5.82 Å². The number of para-hydroxylation sites is 1. The summed E-state index contributed by atoms with van der Waals surface area (Å²) in [5.41, 5.74) is 5.84. The van der Waals surface area contributed by atoms with Crippen molar-refractivity contribution < 1.29 is 4.79 Å². The summed E-state index contributed by atoms with van der Waals surface area (Å²) in [7, 11) is 4.12. The van der Waals surface area contributed by atoms with Crippen molar-refractivity contribution in [3.05, 3.63) is 77.5 Å². The van der Waals surface area contributed by atoms with Gasteiger partial charge in [0.15, 0.2) is 0 Å². The molecule has 7 nitrogen and oxygen atoms in total. The standard InChI is InChI=1S/C32H36N6O/c1-38(2)30-25-13-7-9-15-28(25)36-32(37-30)34-23-18-16-22(17-19-23)33-31(39)26-20-29(21-10-4-3-5-11-21)35-27-14-8-6-12-24(26)27/h3-6,8,10-12,14,20,22-23H,7,9,13,15-19H2,1-2H3,(H,33,39)(H,34,36,37)/t22-,23+. The highest BCUT2D eigenvalue weighted by atomic mass is 16.1. The van der Waals surface area contributed by atoms with Gasteiger partial charge >= 0.3 is 0 Å². The van der Waals surface area contributed by atoms with Crippen molar-refractivity contribution in [3.63, 3.8) is 0 Å². The number of nitrogens with zero attached hydrogens (tertiary/aromatic N) is 4. The molecule has 2 aliphatic rings. The van der Waals surface area contributed by atoms with E-state index in [0.29, 0.717) is 11.6 Å². The maximum absolute atomic E-state index is 13.5. The van der Waals surface area contributed by atoms with Gasteiger partial charge in [-0.3, -0.25) is 4.79 Å². The number of rotatable bonds is 6. The molecule has 0 saturated heterocycles. The molecule has 6 rings (SSSR count). The van der Waals surface area contributed by atoms with E-state index in [1.165, 1.54) is 24.1 Å². The van der Waals surface area contributed by atoms with Gasteiger partial charge in [-0.1, -0.05) is 48.5 Å². The van der Waals surface area contributed by atoms with Crippen LogP contribution >= 0.6 is 0 Å². The van der Waals surface area contributed by atoms with Crippen molar-refractivity contribution in [2.75, 3.05) is 24.3 Å². The minimum atomic E-state index is -0.0316. The maximum atomic E-state index is 13.5. The summed E-state index contributed by atoms with van der Waals surface area (Å²) in [6, 6.07) is 20.3. The van der Waals surface area contributed by atoms with Crippen LogP contribution < -0.4 is 15.5 Å². The number of nitrogens with one attached hydrogen (secondary N) is 2. The van der Waals surface area contributed by atoms with Gasteiger partial charge in [-0.05, 0) is 63.5 Å². The molecule has 0 unspecified atom stereocenters. The Kier molecular flexibility index (Phi) is 7.14. The molecular weight excluding hydrogens is 484 g/mol. The number of pyridine rings is 1. The van der Waals surface area contributed by atoms with Gasteiger partial charge in [0.2, 0.25) is 5.95 Å². The molecule has 0 aliphatic heterocycles. The highest BCUT2D eigenvalue weighted by molar-refractivity contribution is 6.07. The Morgan fingerprint density at radius 2 is 1.56 bits per heavy atom. The van der Waals surface area contributed by atoms with Crippen molar-refractivity contribution in [1.29, 1.82) is 0 Å². The molecule has 1 amide bonds. The van der Waals surface area contributed by atoms with Crippen LogP contribution in [0.25, 0.3) is 22.2 Å². The predicted molar refractivity (Wildman–Crippen MR) is 157 cm³/mol. The van der Waals surface area contributed by atoms with E-state index in [0.717, 1.165) is 72.5 Å². The average molecular weight is 521 g/mol. The Bertz CT molecular complexity index is 1480. The summed E-state index contributed by atoms with van der Waals surface area (Å²) in [5.74, 6) is 1.75. The van der Waals surface area contributed by atoms with Crippen LogP contribution in [-0.4, -0.2) is 47.0 Å². The number of amides is 1. The predicted octanol–water partition coefficient (Wildman–Crippen LogP) is 5.79. The molecule has 2 aromatic carbocycles. The lowest BCUT2D eigenvalue weighted by Gasteiger charge is -2.30. The van der Waals surface area contributed by atoms with E-state index in [4.69, 9.17) is 15.0 Å². The lowest BCUT2D eigenvalue weighted by atomic mass is 9.91. The van der Waals surface area contributed by atoms with Crippen LogP contribution in [0.15, 0.2) is 60.7 Å². The second-order valence-corrected chi connectivity index (χ2v) is 11.0. The summed E-state index contributed by atoms with van der Waals surface area (Å²) < 4.78 is 0. The number of benzene rings is 2. The Hall–Kier alpha value is -4.00. The molecule has 4 aromatic rings. The van der Waals surface area contributed by atoms with Gasteiger partial charge in [-0.25, -0.2) is 9.97 Å². The number of carbonyl (C=O) groups excluding carboxylic acids is 1. The van der Waals surface area contributed by atoms with E-state index < -0.39 is 0 Å². The Balaban J connectivity index is 1.14. The SMILES string of the molecule is CN(C)c1nc(N[C@H]2CC[C@@H](NC(=O)c3cc(-c4ccccc4)nc4ccccc34)CC2)nc2c1CCCC2. The second kappa shape index (κ2) is 11.0. The van der Waals surface area contributed by atoms with E-state index in [9.17, 15) is 4.79 Å². The molecule has 39 heavy (non-hydrogen) atoms. The lowest BCUT2D eigenvalue weighted by molar-refractivity contribution is 0.0928. The van der Waals surface area contributed by atoms with Crippen molar-refractivity contribution in [2.24, 2.45) is 0 Å². The molecule has 0 radical (unpaired) electrons. The minimum absolute atomic E-state index is 0.0316. The molecule has 0 atom stereocenters. The molecule has 2 heterocycles. The summed E-state index contributed by atoms with van der Waals surface area (Å²) in [5, 5.41) is 7.82. The molecular formula is C32H36N6O. The average Bonchev–Trinajstić information content (AvgIpc) is 2.97. The van der Waals surface area contributed by atoms with Crippen LogP contribution in [-0.2, 0) is 12.8 Å². The van der Waals surface area contributed by atoms with E-state index in [1.54, 1.807) is 0 Å². The third-order valence-corrected chi connectivity index (χ3v) is 8.01. The number of hydrogen-bond acceptors (Lipinski definition) is 6. The highest BCUT2D eigenvalue weighted by Gasteiger charge is 2.26.